The van der Waals surface area contributed by atoms with Gasteiger partial charge in [-0.2, -0.15) is 0 Å². The molecule has 1 aromatic carbocycles. The third-order valence-corrected chi connectivity index (χ3v) is 5.49. The minimum absolute atomic E-state index is 0.0702. The number of benzene rings is 1. The lowest BCUT2D eigenvalue weighted by atomic mass is 10.1. The second-order valence-electron chi connectivity index (χ2n) is 7.53. The van der Waals surface area contributed by atoms with Crippen molar-refractivity contribution in [3.63, 3.8) is 0 Å². The molecule has 6 heteroatoms. The molecule has 0 spiro atoms. The van der Waals surface area contributed by atoms with Crippen LogP contribution in [0, 0.1) is 12.8 Å². The lowest BCUT2D eigenvalue weighted by Crippen LogP contribution is -2.52. The highest BCUT2D eigenvalue weighted by Crippen LogP contribution is 2.24. The van der Waals surface area contributed by atoms with Gasteiger partial charge >= 0.3 is 6.03 Å². The molecule has 0 saturated carbocycles. The van der Waals surface area contributed by atoms with E-state index in [1.165, 1.54) is 11.3 Å². The van der Waals surface area contributed by atoms with Crippen molar-refractivity contribution in [3.05, 3.63) is 29.8 Å². The van der Waals surface area contributed by atoms with E-state index >= 15 is 0 Å². The van der Waals surface area contributed by atoms with Crippen molar-refractivity contribution in [1.29, 1.82) is 0 Å². The van der Waals surface area contributed by atoms with Gasteiger partial charge < -0.3 is 20.2 Å². The van der Waals surface area contributed by atoms with Crippen molar-refractivity contribution in [2.45, 2.75) is 19.8 Å². The van der Waals surface area contributed by atoms with Gasteiger partial charge in [0.1, 0.15) is 0 Å². The van der Waals surface area contributed by atoms with E-state index in [9.17, 15) is 4.79 Å². The standard InChI is InChI=1S/C20H32N4O2/c1-17-4-2-5-19(14-17)24-8-6-18(16-24)15-21-20(26)23-11-9-22(10-12-23)7-3-13-25/h2,4-5,14,18,25H,3,6-13,15-16H2,1H3,(H,21,26). The van der Waals surface area contributed by atoms with Gasteiger partial charge in [0.2, 0.25) is 0 Å². The average molecular weight is 361 g/mol. The van der Waals surface area contributed by atoms with E-state index in [1.54, 1.807) is 0 Å². The number of nitrogens with zero attached hydrogens (tertiary/aromatic N) is 3. The number of aryl methyl sites for hydroxylation is 1. The predicted molar refractivity (Wildman–Crippen MR) is 105 cm³/mol. The van der Waals surface area contributed by atoms with Crippen LogP contribution in [0.4, 0.5) is 10.5 Å². The highest BCUT2D eigenvalue weighted by molar-refractivity contribution is 5.74. The molecule has 2 N–H and O–H groups in total. The molecule has 0 bridgehead atoms. The molecule has 6 nitrogen and oxygen atoms in total. The third kappa shape index (κ3) is 5.11. The zero-order chi connectivity index (χ0) is 18.4. The van der Waals surface area contributed by atoms with Gasteiger partial charge in [0, 0.05) is 64.7 Å². The topological polar surface area (TPSA) is 59.1 Å². The Balaban J connectivity index is 1.38. The number of nitrogens with one attached hydrogen (secondary N) is 1. The molecule has 2 aliphatic heterocycles. The van der Waals surface area contributed by atoms with Crippen molar-refractivity contribution < 1.29 is 9.90 Å². The molecule has 1 unspecified atom stereocenters. The molecule has 0 aliphatic carbocycles. The highest BCUT2D eigenvalue weighted by Gasteiger charge is 2.25. The summed E-state index contributed by atoms with van der Waals surface area (Å²) in [6.45, 7) is 9.47. The average Bonchev–Trinajstić information content (AvgIpc) is 3.14. The smallest absolute Gasteiger partial charge is 0.317 e. The van der Waals surface area contributed by atoms with E-state index in [4.69, 9.17) is 5.11 Å². The molecule has 0 radical (unpaired) electrons. The van der Waals surface area contributed by atoms with Crippen LogP contribution >= 0.6 is 0 Å². The molecule has 2 saturated heterocycles. The summed E-state index contributed by atoms with van der Waals surface area (Å²) in [4.78, 5) is 19.1. The van der Waals surface area contributed by atoms with Gasteiger partial charge in [0.05, 0.1) is 0 Å². The molecule has 1 atom stereocenters. The molecule has 3 rings (SSSR count). The summed E-state index contributed by atoms with van der Waals surface area (Å²) >= 11 is 0. The number of anilines is 1. The summed E-state index contributed by atoms with van der Waals surface area (Å²) in [5.41, 5.74) is 2.58. The van der Waals surface area contributed by atoms with Crippen molar-refractivity contribution in [3.8, 4) is 0 Å². The van der Waals surface area contributed by atoms with Gasteiger partial charge in [0.25, 0.3) is 0 Å². The second-order valence-corrected chi connectivity index (χ2v) is 7.53. The molecule has 26 heavy (non-hydrogen) atoms. The number of aliphatic hydroxyl groups excluding tert-OH is 1. The largest absolute Gasteiger partial charge is 0.396 e. The lowest BCUT2D eigenvalue weighted by molar-refractivity contribution is 0.132. The van der Waals surface area contributed by atoms with Gasteiger partial charge in [-0.1, -0.05) is 12.1 Å². The van der Waals surface area contributed by atoms with Crippen LogP contribution in [0.2, 0.25) is 0 Å². The number of carbonyl (C=O) groups excluding carboxylic acids is 1. The summed E-state index contributed by atoms with van der Waals surface area (Å²) in [5, 5.41) is 12.0. The first-order valence-electron chi connectivity index (χ1n) is 9.83. The van der Waals surface area contributed by atoms with Crippen LogP contribution in [0.1, 0.15) is 18.4 Å². The van der Waals surface area contributed by atoms with Crippen molar-refractivity contribution >= 4 is 11.7 Å². The molecule has 2 amide bonds. The molecule has 1 aromatic rings. The first kappa shape index (κ1) is 19.0. The second kappa shape index (κ2) is 9.24. The summed E-state index contributed by atoms with van der Waals surface area (Å²) in [6.07, 6.45) is 1.94. The molecule has 2 heterocycles. The minimum Gasteiger partial charge on any atom is -0.396 e. The number of aliphatic hydroxyl groups is 1. The van der Waals surface area contributed by atoms with Crippen LogP contribution < -0.4 is 10.2 Å². The number of rotatable bonds is 6. The Morgan fingerprint density at radius 1 is 1.23 bits per heavy atom. The molecule has 2 aliphatic rings. The van der Waals surface area contributed by atoms with Crippen LogP contribution in [-0.4, -0.2) is 79.9 Å². The maximum Gasteiger partial charge on any atom is 0.317 e. The number of carbonyl (C=O) groups is 1. The van der Waals surface area contributed by atoms with E-state index in [-0.39, 0.29) is 12.6 Å². The first-order chi connectivity index (χ1) is 12.7. The fourth-order valence-corrected chi connectivity index (χ4v) is 3.87. The normalized spacial score (nSPS) is 21.2. The van der Waals surface area contributed by atoms with Gasteiger partial charge in [-0.05, 0) is 43.4 Å². The Morgan fingerprint density at radius 3 is 2.77 bits per heavy atom. The van der Waals surface area contributed by atoms with Gasteiger partial charge in [0.15, 0.2) is 0 Å². The molecule has 2 fully saturated rings. The molecule has 144 valence electrons. The van der Waals surface area contributed by atoms with Gasteiger partial charge in [-0.3, -0.25) is 4.90 Å². The Hall–Kier alpha value is -1.79. The molecule has 0 aromatic heterocycles. The lowest BCUT2D eigenvalue weighted by Gasteiger charge is -2.34. The van der Waals surface area contributed by atoms with Crippen LogP contribution in [0.25, 0.3) is 0 Å². The Labute approximate surface area is 156 Å². The van der Waals surface area contributed by atoms with E-state index in [2.05, 4.69) is 46.3 Å². The number of amides is 2. The summed E-state index contributed by atoms with van der Waals surface area (Å²) in [5.74, 6) is 0.519. The highest BCUT2D eigenvalue weighted by atomic mass is 16.3. The fraction of sp³-hybridized carbons (Fsp3) is 0.650. The van der Waals surface area contributed by atoms with Crippen molar-refractivity contribution in [2.75, 3.05) is 63.9 Å². The Morgan fingerprint density at radius 2 is 2.04 bits per heavy atom. The number of urea groups is 1. The van der Waals surface area contributed by atoms with Gasteiger partial charge in [-0.15, -0.1) is 0 Å². The number of hydrogen-bond donors (Lipinski definition) is 2. The summed E-state index contributed by atoms with van der Waals surface area (Å²) < 4.78 is 0. The number of hydrogen-bond acceptors (Lipinski definition) is 4. The summed E-state index contributed by atoms with van der Waals surface area (Å²) in [6, 6.07) is 8.71. The van der Waals surface area contributed by atoms with Crippen molar-refractivity contribution in [2.24, 2.45) is 5.92 Å². The predicted octanol–water partition coefficient (Wildman–Crippen LogP) is 1.53. The van der Waals surface area contributed by atoms with Crippen LogP contribution in [-0.2, 0) is 0 Å². The Bertz CT molecular complexity index is 587. The van der Waals surface area contributed by atoms with E-state index < -0.39 is 0 Å². The van der Waals surface area contributed by atoms with Crippen LogP contribution in [0.5, 0.6) is 0 Å². The zero-order valence-corrected chi connectivity index (χ0v) is 15.9. The zero-order valence-electron chi connectivity index (χ0n) is 15.9. The maximum atomic E-state index is 12.4. The van der Waals surface area contributed by atoms with E-state index in [1.807, 2.05) is 4.90 Å². The van der Waals surface area contributed by atoms with E-state index in [0.717, 1.165) is 65.2 Å². The van der Waals surface area contributed by atoms with E-state index in [0.29, 0.717) is 5.92 Å². The van der Waals surface area contributed by atoms with Crippen molar-refractivity contribution in [1.82, 2.24) is 15.1 Å². The molecular weight excluding hydrogens is 328 g/mol. The minimum atomic E-state index is 0.0702. The fourth-order valence-electron chi connectivity index (χ4n) is 3.87. The quantitative estimate of drug-likeness (QED) is 0.808. The number of piperazine rings is 1. The molecular formula is C20H32N4O2. The third-order valence-electron chi connectivity index (χ3n) is 5.49. The van der Waals surface area contributed by atoms with Crippen LogP contribution in [0.3, 0.4) is 0 Å². The van der Waals surface area contributed by atoms with Crippen LogP contribution in [0.15, 0.2) is 24.3 Å². The summed E-state index contributed by atoms with van der Waals surface area (Å²) in [7, 11) is 0. The first-order valence-corrected chi connectivity index (χ1v) is 9.83. The Kier molecular flexibility index (Phi) is 6.74. The maximum absolute atomic E-state index is 12.4. The SMILES string of the molecule is Cc1cccc(N2CCC(CNC(=O)N3CCN(CCCO)CC3)C2)c1. The van der Waals surface area contributed by atoms with Gasteiger partial charge in [-0.25, -0.2) is 4.79 Å². The monoisotopic (exact) mass is 360 g/mol.